The Labute approximate surface area is 399 Å². The van der Waals surface area contributed by atoms with Crippen molar-refractivity contribution in [3.05, 3.63) is 0 Å². The van der Waals surface area contributed by atoms with Gasteiger partial charge in [-0.2, -0.15) is 0 Å². The van der Waals surface area contributed by atoms with Crippen LogP contribution in [0, 0.1) is 0 Å². The van der Waals surface area contributed by atoms with Crippen LogP contribution in [-0.4, -0.2) is 37.2 Å². The van der Waals surface area contributed by atoms with Gasteiger partial charge in [-0.3, -0.25) is 14.4 Å². The van der Waals surface area contributed by atoms with E-state index in [2.05, 4.69) is 20.8 Å². The SMILES string of the molecule is CCCCCCCCCCCCCCCCCCCCC(=O)OCC(COC(=O)CCCCCCCCCCCCCCCC)OC(=O)CCCCCCCCCCCCCCCC. The number of carbonyl (C=O) groups is 3. The fourth-order valence-electron chi connectivity index (χ4n) is 8.98. The first-order valence-corrected chi connectivity index (χ1v) is 29.0. The number of unbranched alkanes of at least 4 members (excludes halogenated alkanes) is 43. The normalized spacial score (nSPS) is 11.9. The van der Waals surface area contributed by atoms with Crippen LogP contribution in [0.3, 0.4) is 0 Å². The molecule has 0 saturated heterocycles. The highest BCUT2D eigenvalue weighted by Gasteiger charge is 2.19. The van der Waals surface area contributed by atoms with Gasteiger partial charge in [-0.05, 0) is 19.3 Å². The maximum absolute atomic E-state index is 12.8. The maximum atomic E-state index is 12.8. The lowest BCUT2D eigenvalue weighted by Crippen LogP contribution is -2.30. The van der Waals surface area contributed by atoms with E-state index in [0.717, 1.165) is 57.8 Å². The lowest BCUT2D eigenvalue weighted by Gasteiger charge is -2.18. The van der Waals surface area contributed by atoms with Crippen molar-refractivity contribution in [1.82, 2.24) is 0 Å². The van der Waals surface area contributed by atoms with Crippen LogP contribution in [0.15, 0.2) is 0 Å². The van der Waals surface area contributed by atoms with Crippen molar-refractivity contribution in [1.29, 1.82) is 0 Å². The molecule has 0 fully saturated rings. The minimum Gasteiger partial charge on any atom is -0.462 e. The molecule has 6 nitrogen and oxygen atoms in total. The van der Waals surface area contributed by atoms with Crippen LogP contribution in [0.1, 0.15) is 335 Å². The third-order valence-electron chi connectivity index (χ3n) is 13.4. The van der Waals surface area contributed by atoms with E-state index in [4.69, 9.17) is 14.2 Å². The quantitative estimate of drug-likeness (QED) is 0.0344. The van der Waals surface area contributed by atoms with Crippen molar-refractivity contribution in [2.75, 3.05) is 13.2 Å². The Morgan fingerprint density at radius 3 is 0.625 bits per heavy atom. The van der Waals surface area contributed by atoms with E-state index in [1.165, 1.54) is 238 Å². The standard InChI is InChI=1S/C58H112O6/c1-4-7-10-13-16-19-22-25-28-29-30-31-34-36-39-42-45-48-51-57(60)63-54-55(64-58(61)52-49-46-43-40-37-33-27-24-21-18-15-12-9-6-3)53-62-56(59)50-47-44-41-38-35-32-26-23-20-17-14-11-8-5-2/h55H,4-54H2,1-3H3. The van der Waals surface area contributed by atoms with Crippen molar-refractivity contribution >= 4 is 17.9 Å². The van der Waals surface area contributed by atoms with Crippen molar-refractivity contribution in [3.8, 4) is 0 Å². The maximum Gasteiger partial charge on any atom is 0.306 e. The van der Waals surface area contributed by atoms with E-state index in [0.29, 0.717) is 19.3 Å². The van der Waals surface area contributed by atoms with E-state index in [-0.39, 0.29) is 31.1 Å². The third-order valence-corrected chi connectivity index (χ3v) is 13.4. The van der Waals surface area contributed by atoms with Crippen molar-refractivity contribution in [2.24, 2.45) is 0 Å². The summed E-state index contributed by atoms with van der Waals surface area (Å²) in [7, 11) is 0. The smallest absolute Gasteiger partial charge is 0.306 e. The van der Waals surface area contributed by atoms with Crippen LogP contribution in [0.4, 0.5) is 0 Å². The average molecular weight is 906 g/mol. The van der Waals surface area contributed by atoms with Crippen LogP contribution in [-0.2, 0) is 28.6 Å². The van der Waals surface area contributed by atoms with Crippen molar-refractivity contribution in [2.45, 2.75) is 341 Å². The molecule has 0 spiro atoms. The highest BCUT2D eigenvalue weighted by Crippen LogP contribution is 2.18. The van der Waals surface area contributed by atoms with Gasteiger partial charge >= 0.3 is 17.9 Å². The zero-order valence-corrected chi connectivity index (χ0v) is 43.6. The van der Waals surface area contributed by atoms with E-state index in [1.54, 1.807) is 0 Å². The monoisotopic (exact) mass is 905 g/mol. The molecule has 0 aromatic heterocycles. The molecule has 0 rings (SSSR count). The number of carbonyl (C=O) groups excluding carboxylic acids is 3. The molecule has 0 aliphatic carbocycles. The fourth-order valence-corrected chi connectivity index (χ4v) is 8.98. The second kappa shape index (κ2) is 54.0. The van der Waals surface area contributed by atoms with Gasteiger partial charge in [-0.1, -0.05) is 297 Å². The minimum absolute atomic E-state index is 0.0610. The van der Waals surface area contributed by atoms with Gasteiger partial charge in [0.05, 0.1) is 0 Å². The molecule has 64 heavy (non-hydrogen) atoms. The highest BCUT2D eigenvalue weighted by molar-refractivity contribution is 5.71. The molecule has 0 radical (unpaired) electrons. The topological polar surface area (TPSA) is 78.9 Å². The van der Waals surface area contributed by atoms with Gasteiger partial charge in [0.2, 0.25) is 0 Å². The second-order valence-corrected chi connectivity index (χ2v) is 19.9. The largest absolute Gasteiger partial charge is 0.462 e. The second-order valence-electron chi connectivity index (χ2n) is 19.9. The number of rotatable bonds is 54. The Morgan fingerprint density at radius 2 is 0.422 bits per heavy atom. The molecule has 380 valence electrons. The van der Waals surface area contributed by atoms with E-state index in [9.17, 15) is 14.4 Å². The Kier molecular flexibility index (Phi) is 52.7. The Bertz CT molecular complexity index is 951. The summed E-state index contributed by atoms with van der Waals surface area (Å²) in [5, 5.41) is 0. The molecular formula is C58H112O6. The van der Waals surface area contributed by atoms with Gasteiger partial charge in [-0.15, -0.1) is 0 Å². The molecule has 0 bridgehead atoms. The number of hydrogen-bond acceptors (Lipinski definition) is 6. The van der Waals surface area contributed by atoms with E-state index in [1.807, 2.05) is 0 Å². The molecule has 0 aliphatic heterocycles. The van der Waals surface area contributed by atoms with E-state index >= 15 is 0 Å². The fraction of sp³-hybridized carbons (Fsp3) is 0.948. The first kappa shape index (κ1) is 62.4. The molecule has 1 atom stereocenters. The summed E-state index contributed by atoms with van der Waals surface area (Å²) in [5.41, 5.74) is 0. The van der Waals surface area contributed by atoms with Gasteiger partial charge in [0, 0.05) is 19.3 Å². The zero-order chi connectivity index (χ0) is 46.5. The number of esters is 3. The van der Waals surface area contributed by atoms with Gasteiger partial charge in [0.25, 0.3) is 0 Å². The lowest BCUT2D eigenvalue weighted by atomic mass is 10.0. The molecule has 0 saturated carbocycles. The number of hydrogen-bond donors (Lipinski definition) is 0. The summed E-state index contributed by atoms with van der Waals surface area (Å²) in [6, 6.07) is 0. The summed E-state index contributed by atoms with van der Waals surface area (Å²) in [6.07, 6.45) is 59.5. The van der Waals surface area contributed by atoms with Crippen LogP contribution in [0.2, 0.25) is 0 Å². The highest BCUT2D eigenvalue weighted by atomic mass is 16.6. The van der Waals surface area contributed by atoms with Gasteiger partial charge in [0.1, 0.15) is 13.2 Å². The summed E-state index contributed by atoms with van der Waals surface area (Å²) < 4.78 is 16.9. The molecule has 1 unspecified atom stereocenters. The van der Waals surface area contributed by atoms with Crippen LogP contribution >= 0.6 is 0 Å². The van der Waals surface area contributed by atoms with Crippen molar-refractivity contribution in [3.63, 3.8) is 0 Å². The van der Waals surface area contributed by atoms with Gasteiger partial charge < -0.3 is 14.2 Å². The van der Waals surface area contributed by atoms with Crippen LogP contribution < -0.4 is 0 Å². The molecule has 0 aromatic rings. The molecule has 0 aromatic carbocycles. The zero-order valence-electron chi connectivity index (χ0n) is 43.6. The van der Waals surface area contributed by atoms with E-state index < -0.39 is 6.10 Å². The Balaban J connectivity index is 4.27. The predicted molar refractivity (Wildman–Crippen MR) is 275 cm³/mol. The molecule has 0 N–H and O–H groups in total. The summed E-state index contributed by atoms with van der Waals surface area (Å²) in [4.78, 5) is 38.1. The van der Waals surface area contributed by atoms with Gasteiger partial charge in [-0.25, -0.2) is 0 Å². The first-order valence-electron chi connectivity index (χ1n) is 29.0. The molecule has 0 heterocycles. The minimum atomic E-state index is -0.760. The summed E-state index contributed by atoms with van der Waals surface area (Å²) >= 11 is 0. The molecular weight excluding hydrogens is 793 g/mol. The van der Waals surface area contributed by atoms with Crippen LogP contribution in [0.25, 0.3) is 0 Å². The first-order chi connectivity index (χ1) is 31.5. The molecule has 6 heteroatoms. The van der Waals surface area contributed by atoms with Crippen LogP contribution in [0.5, 0.6) is 0 Å². The summed E-state index contributed by atoms with van der Waals surface area (Å²) in [5.74, 6) is -0.832. The predicted octanol–water partition coefficient (Wildman–Crippen LogP) is 19.2. The van der Waals surface area contributed by atoms with Crippen molar-refractivity contribution < 1.29 is 28.6 Å². The molecule has 0 amide bonds. The number of ether oxygens (including phenoxy) is 3. The lowest BCUT2D eigenvalue weighted by molar-refractivity contribution is -0.167. The molecule has 0 aliphatic rings. The Hall–Kier alpha value is -1.59. The Morgan fingerprint density at radius 1 is 0.250 bits per heavy atom. The third kappa shape index (κ3) is 51.4. The van der Waals surface area contributed by atoms with Gasteiger partial charge in [0.15, 0.2) is 6.10 Å². The average Bonchev–Trinajstić information content (AvgIpc) is 3.29. The summed E-state index contributed by atoms with van der Waals surface area (Å²) in [6.45, 7) is 6.71.